The van der Waals surface area contributed by atoms with Crippen molar-refractivity contribution in [3.63, 3.8) is 0 Å². The summed E-state index contributed by atoms with van der Waals surface area (Å²) in [5.74, 6) is 3.93. The Kier molecular flexibility index (Phi) is 4.74. The van der Waals surface area contributed by atoms with Crippen LogP contribution in [0.2, 0.25) is 0 Å². The van der Waals surface area contributed by atoms with Gasteiger partial charge in [-0.1, -0.05) is 85.0 Å². The second-order valence-electron chi connectivity index (χ2n) is 11.3. The van der Waals surface area contributed by atoms with Gasteiger partial charge in [-0.2, -0.15) is 0 Å². The van der Waals surface area contributed by atoms with E-state index in [0.29, 0.717) is 5.92 Å². The minimum Gasteiger partial charge on any atom is -0.458 e. The summed E-state index contributed by atoms with van der Waals surface area (Å²) in [7, 11) is 0. The maximum Gasteiger partial charge on any atom is 0.260 e. The Labute approximate surface area is 240 Å². The van der Waals surface area contributed by atoms with Crippen molar-refractivity contribution < 1.29 is 9.47 Å². The molecule has 3 nitrogen and oxygen atoms in total. The lowest BCUT2D eigenvalue weighted by molar-refractivity contribution is 0.465. The first-order valence-corrected chi connectivity index (χ1v) is 14.3. The van der Waals surface area contributed by atoms with E-state index in [4.69, 9.17) is 9.47 Å². The van der Waals surface area contributed by atoms with E-state index in [1.807, 2.05) is 12.1 Å². The van der Waals surface area contributed by atoms with E-state index in [1.165, 1.54) is 39.0 Å². The number of nitrogens with zero attached hydrogens (tertiary/aromatic N) is 1. The van der Waals surface area contributed by atoms with Crippen LogP contribution in [0, 0.1) is 6.92 Å². The summed E-state index contributed by atoms with van der Waals surface area (Å²) in [6.45, 7) is 2.29. The molecule has 2 unspecified atom stereocenters. The van der Waals surface area contributed by atoms with Gasteiger partial charge in [-0.3, -0.25) is 0 Å². The number of hydrogen-bond donors (Lipinski definition) is 0. The number of hydrogen-bond acceptors (Lipinski definition) is 3. The van der Waals surface area contributed by atoms with E-state index in [0.717, 1.165) is 34.0 Å². The van der Waals surface area contributed by atoms with Gasteiger partial charge in [0, 0.05) is 22.8 Å². The molecule has 3 heterocycles. The summed E-state index contributed by atoms with van der Waals surface area (Å²) >= 11 is 0. The fourth-order valence-electron chi connectivity index (χ4n) is 7.26. The Bertz CT molecular complexity index is 1890. The molecule has 0 radical (unpaired) electrons. The van der Waals surface area contributed by atoms with Crippen LogP contribution in [0.5, 0.6) is 23.0 Å². The van der Waals surface area contributed by atoms with Gasteiger partial charge in [0.1, 0.15) is 23.0 Å². The number of fused-ring (bicyclic) bond motifs is 7. The molecule has 4 heteroatoms. The van der Waals surface area contributed by atoms with E-state index in [1.54, 1.807) is 0 Å². The summed E-state index contributed by atoms with van der Waals surface area (Å²) in [4.78, 5) is 2.48. The van der Waals surface area contributed by atoms with Crippen LogP contribution in [-0.2, 0) is 0 Å². The molecule has 0 saturated heterocycles. The molecule has 1 aliphatic carbocycles. The molecule has 3 aliphatic heterocycles. The van der Waals surface area contributed by atoms with Crippen LogP contribution in [0.3, 0.4) is 0 Å². The number of aryl methyl sites for hydroxylation is 1. The van der Waals surface area contributed by atoms with Crippen molar-refractivity contribution in [3.8, 4) is 34.1 Å². The average molecular weight is 527 g/mol. The van der Waals surface area contributed by atoms with Crippen molar-refractivity contribution in [1.82, 2.24) is 0 Å². The molecule has 0 N–H and O–H groups in total. The number of benzene rings is 5. The SMILES string of the molecule is Cc1cc(N2c3ccccc3C3C=CC=CC32)ccc1-c1cc2c3c(c1)Oc1ccccc1B3c1ccccc1O2. The molecule has 41 heavy (non-hydrogen) atoms. The van der Waals surface area contributed by atoms with Gasteiger partial charge in [0.05, 0.1) is 6.04 Å². The van der Waals surface area contributed by atoms with E-state index in [-0.39, 0.29) is 12.8 Å². The largest absolute Gasteiger partial charge is 0.458 e. The fraction of sp³-hybridized carbons (Fsp3) is 0.0811. The van der Waals surface area contributed by atoms with E-state index < -0.39 is 0 Å². The molecule has 5 aromatic rings. The molecule has 0 amide bonds. The lowest BCUT2D eigenvalue weighted by atomic mass is 9.35. The first kappa shape index (κ1) is 22.8. The third-order valence-corrected chi connectivity index (χ3v) is 9.05. The highest BCUT2D eigenvalue weighted by molar-refractivity contribution is 6.98. The van der Waals surface area contributed by atoms with E-state index in [2.05, 4.69) is 127 Å². The highest BCUT2D eigenvalue weighted by Gasteiger charge is 2.40. The Morgan fingerprint density at radius 2 is 1.32 bits per heavy atom. The van der Waals surface area contributed by atoms with Crippen molar-refractivity contribution in [2.45, 2.75) is 18.9 Å². The predicted octanol–water partition coefficient (Wildman–Crippen LogP) is 7.12. The van der Waals surface area contributed by atoms with E-state index >= 15 is 0 Å². The van der Waals surface area contributed by atoms with Crippen LogP contribution in [0.1, 0.15) is 17.0 Å². The summed E-state index contributed by atoms with van der Waals surface area (Å²) in [5.41, 5.74) is 10.8. The van der Waals surface area contributed by atoms with Crippen molar-refractivity contribution >= 4 is 34.5 Å². The maximum atomic E-state index is 6.54. The number of para-hydroxylation sites is 3. The summed E-state index contributed by atoms with van der Waals surface area (Å²) in [5, 5.41) is 0. The Morgan fingerprint density at radius 3 is 2.05 bits per heavy atom. The van der Waals surface area contributed by atoms with Crippen molar-refractivity contribution in [1.29, 1.82) is 0 Å². The van der Waals surface area contributed by atoms with Gasteiger partial charge in [-0.25, -0.2) is 0 Å². The van der Waals surface area contributed by atoms with Gasteiger partial charge in [0.2, 0.25) is 0 Å². The number of allylic oxidation sites excluding steroid dienone is 2. The van der Waals surface area contributed by atoms with Gasteiger partial charge in [0.15, 0.2) is 0 Å². The maximum absolute atomic E-state index is 6.54. The molecule has 4 aliphatic rings. The normalized spacial score (nSPS) is 18.5. The lowest BCUT2D eigenvalue weighted by Crippen LogP contribution is -2.57. The Balaban J connectivity index is 1.16. The molecule has 9 rings (SSSR count). The van der Waals surface area contributed by atoms with Gasteiger partial charge >= 0.3 is 0 Å². The molecule has 0 aromatic heterocycles. The average Bonchev–Trinajstić information content (AvgIpc) is 3.35. The number of ether oxygens (including phenoxy) is 2. The molecule has 194 valence electrons. The quantitative estimate of drug-likeness (QED) is 0.224. The van der Waals surface area contributed by atoms with Crippen LogP contribution in [0.15, 0.2) is 127 Å². The summed E-state index contributed by atoms with van der Waals surface area (Å²) < 4.78 is 13.1. The molecule has 0 spiro atoms. The topological polar surface area (TPSA) is 21.7 Å². The minimum atomic E-state index is 0.0909. The van der Waals surface area contributed by atoms with Crippen molar-refractivity contribution in [2.75, 3.05) is 4.90 Å². The molecule has 2 atom stereocenters. The third kappa shape index (κ3) is 3.28. The number of anilines is 2. The predicted molar refractivity (Wildman–Crippen MR) is 168 cm³/mol. The third-order valence-electron chi connectivity index (χ3n) is 9.05. The van der Waals surface area contributed by atoms with Crippen LogP contribution in [0.4, 0.5) is 11.4 Å². The Morgan fingerprint density at radius 1 is 0.659 bits per heavy atom. The van der Waals surface area contributed by atoms with Crippen LogP contribution >= 0.6 is 0 Å². The molecule has 0 fully saturated rings. The molecule has 0 saturated carbocycles. The van der Waals surface area contributed by atoms with Gasteiger partial charge in [-0.05, 0) is 82.6 Å². The molecular weight excluding hydrogens is 501 g/mol. The van der Waals surface area contributed by atoms with E-state index in [9.17, 15) is 0 Å². The second kappa shape index (κ2) is 8.52. The number of rotatable bonds is 2. The summed E-state index contributed by atoms with van der Waals surface area (Å²) in [6, 6.07) is 37.0. The zero-order valence-corrected chi connectivity index (χ0v) is 22.6. The van der Waals surface area contributed by atoms with Gasteiger partial charge < -0.3 is 14.4 Å². The van der Waals surface area contributed by atoms with Crippen LogP contribution < -0.4 is 30.8 Å². The highest BCUT2D eigenvalue weighted by Crippen LogP contribution is 2.48. The van der Waals surface area contributed by atoms with Crippen molar-refractivity contribution in [3.05, 3.63) is 139 Å². The first-order valence-electron chi connectivity index (χ1n) is 14.3. The second-order valence-corrected chi connectivity index (χ2v) is 11.3. The zero-order chi connectivity index (χ0) is 27.1. The van der Waals surface area contributed by atoms with Crippen LogP contribution in [-0.4, -0.2) is 12.8 Å². The first-order chi connectivity index (χ1) is 20.2. The lowest BCUT2D eigenvalue weighted by Gasteiger charge is -2.33. The molecule has 0 bridgehead atoms. The molecular formula is C37H26BNO2. The smallest absolute Gasteiger partial charge is 0.260 e. The summed E-state index contributed by atoms with van der Waals surface area (Å²) in [6.07, 6.45) is 8.99. The highest BCUT2D eigenvalue weighted by atomic mass is 16.5. The van der Waals surface area contributed by atoms with Gasteiger partial charge in [-0.15, -0.1) is 0 Å². The van der Waals surface area contributed by atoms with Crippen molar-refractivity contribution in [2.24, 2.45) is 0 Å². The monoisotopic (exact) mass is 527 g/mol. The Hall–Kier alpha value is -4.96. The standard InChI is InChI=1S/C37H26BNO2/c1-23-20-25(39-31-14-6-2-10-27(31)28-11-3-7-15-32(28)39)18-19-26(23)24-21-35-37-36(22-24)41-34-17-9-5-13-30(34)38(37)29-12-4-8-16-33(29)40-35/h2-22,27,31H,1H3. The van der Waals surface area contributed by atoms with Gasteiger partial charge in [0.25, 0.3) is 6.71 Å². The zero-order valence-electron chi connectivity index (χ0n) is 22.6. The fourth-order valence-corrected chi connectivity index (χ4v) is 7.26. The molecule has 5 aromatic carbocycles. The van der Waals surface area contributed by atoms with Crippen LogP contribution in [0.25, 0.3) is 11.1 Å². The minimum absolute atomic E-state index is 0.0909.